The third-order valence-electron chi connectivity index (χ3n) is 2.49. The van der Waals surface area contributed by atoms with Gasteiger partial charge in [-0.15, -0.1) is 0 Å². The van der Waals surface area contributed by atoms with E-state index in [4.69, 9.17) is 15.2 Å². The monoisotopic (exact) mass is 304 g/mol. The SMILES string of the molecule is Cc1nc(S(=O)(=O)Cl)cn1Cc1noc(C(C)C)n1. The third kappa shape index (κ3) is 3.13. The lowest BCUT2D eigenvalue weighted by atomic mass is 10.2. The van der Waals surface area contributed by atoms with Gasteiger partial charge in [-0.25, -0.2) is 13.4 Å². The van der Waals surface area contributed by atoms with E-state index in [1.165, 1.54) is 6.20 Å². The van der Waals surface area contributed by atoms with Crippen LogP contribution in [0.4, 0.5) is 0 Å². The van der Waals surface area contributed by atoms with Crippen molar-refractivity contribution in [2.75, 3.05) is 0 Å². The Bertz CT molecular complexity index is 689. The van der Waals surface area contributed by atoms with Crippen LogP contribution in [-0.4, -0.2) is 28.1 Å². The first-order valence-electron chi connectivity index (χ1n) is 5.58. The number of imidazole rings is 1. The Kier molecular flexibility index (Phi) is 3.64. The zero-order valence-electron chi connectivity index (χ0n) is 10.7. The summed E-state index contributed by atoms with van der Waals surface area (Å²) < 4.78 is 29.0. The van der Waals surface area contributed by atoms with Gasteiger partial charge in [0.15, 0.2) is 10.9 Å². The summed E-state index contributed by atoms with van der Waals surface area (Å²) in [6.07, 6.45) is 1.35. The summed E-state index contributed by atoms with van der Waals surface area (Å²) in [6.45, 7) is 5.84. The molecule has 0 aromatic carbocycles. The predicted molar refractivity (Wildman–Crippen MR) is 67.5 cm³/mol. The van der Waals surface area contributed by atoms with Gasteiger partial charge in [-0.05, 0) is 6.92 Å². The molecule has 0 atom stereocenters. The van der Waals surface area contributed by atoms with Crippen molar-refractivity contribution in [3.63, 3.8) is 0 Å². The molecule has 0 aliphatic carbocycles. The number of rotatable bonds is 4. The summed E-state index contributed by atoms with van der Waals surface area (Å²) in [5, 5.41) is 3.65. The highest BCUT2D eigenvalue weighted by Crippen LogP contribution is 2.16. The van der Waals surface area contributed by atoms with Crippen LogP contribution >= 0.6 is 10.7 Å². The minimum Gasteiger partial charge on any atom is -0.339 e. The van der Waals surface area contributed by atoms with Crippen LogP contribution in [0.1, 0.15) is 37.3 Å². The molecule has 0 saturated heterocycles. The van der Waals surface area contributed by atoms with Crippen LogP contribution in [0.15, 0.2) is 15.7 Å². The molecule has 7 nitrogen and oxygen atoms in total. The Morgan fingerprint density at radius 2 is 2.11 bits per heavy atom. The van der Waals surface area contributed by atoms with Crippen molar-refractivity contribution >= 4 is 19.7 Å². The fraction of sp³-hybridized carbons (Fsp3) is 0.500. The summed E-state index contributed by atoms with van der Waals surface area (Å²) >= 11 is 0. The summed E-state index contributed by atoms with van der Waals surface area (Å²) in [6, 6.07) is 0. The molecule has 0 N–H and O–H groups in total. The van der Waals surface area contributed by atoms with Gasteiger partial charge in [-0.3, -0.25) is 0 Å². The van der Waals surface area contributed by atoms with Crippen LogP contribution in [0.5, 0.6) is 0 Å². The molecule has 0 unspecified atom stereocenters. The normalized spacial score (nSPS) is 12.3. The lowest BCUT2D eigenvalue weighted by molar-refractivity contribution is 0.359. The summed E-state index contributed by atoms with van der Waals surface area (Å²) in [5.41, 5.74) is 0. The van der Waals surface area contributed by atoms with E-state index in [0.717, 1.165) is 0 Å². The summed E-state index contributed by atoms with van der Waals surface area (Å²) in [4.78, 5) is 8.09. The molecular weight excluding hydrogens is 292 g/mol. The molecule has 0 amide bonds. The molecule has 0 saturated carbocycles. The highest BCUT2D eigenvalue weighted by atomic mass is 35.7. The number of aryl methyl sites for hydroxylation is 1. The van der Waals surface area contributed by atoms with Crippen molar-refractivity contribution in [3.05, 3.63) is 23.7 Å². The highest BCUT2D eigenvalue weighted by molar-refractivity contribution is 8.13. The smallest absolute Gasteiger partial charge is 0.280 e. The van der Waals surface area contributed by atoms with Gasteiger partial charge in [0.25, 0.3) is 9.05 Å². The Hall–Kier alpha value is -1.41. The highest BCUT2D eigenvalue weighted by Gasteiger charge is 2.17. The molecular formula is C10H13ClN4O3S. The van der Waals surface area contributed by atoms with Crippen LogP contribution in [0.2, 0.25) is 0 Å². The average Bonchev–Trinajstić information content (AvgIpc) is 2.86. The van der Waals surface area contributed by atoms with Crippen LogP contribution in [0.3, 0.4) is 0 Å². The van der Waals surface area contributed by atoms with Crippen molar-refractivity contribution in [1.82, 2.24) is 19.7 Å². The standard InChI is InChI=1S/C10H13ClN4O3S/c1-6(2)10-13-8(14-18-10)4-15-5-9(12-7(15)3)19(11,16)17/h5-6H,4H2,1-3H3. The molecule has 2 heterocycles. The molecule has 104 valence electrons. The van der Waals surface area contributed by atoms with Gasteiger partial charge >= 0.3 is 0 Å². The molecule has 0 aliphatic heterocycles. The van der Waals surface area contributed by atoms with Gasteiger partial charge < -0.3 is 9.09 Å². The Labute approximate surface area is 115 Å². The predicted octanol–water partition coefficient (Wildman–Crippen LogP) is 1.67. The van der Waals surface area contributed by atoms with E-state index < -0.39 is 9.05 Å². The Balaban J connectivity index is 2.26. The van der Waals surface area contributed by atoms with Crippen molar-refractivity contribution in [3.8, 4) is 0 Å². The lowest BCUT2D eigenvalue weighted by Gasteiger charge is -1.98. The fourth-order valence-corrected chi connectivity index (χ4v) is 2.19. The molecule has 0 fully saturated rings. The molecule has 0 aliphatic rings. The minimum absolute atomic E-state index is 0.143. The van der Waals surface area contributed by atoms with Gasteiger partial charge in [-0.2, -0.15) is 4.98 Å². The number of aromatic nitrogens is 4. The number of halogens is 1. The van der Waals surface area contributed by atoms with E-state index in [2.05, 4.69) is 15.1 Å². The fourth-order valence-electron chi connectivity index (χ4n) is 1.48. The molecule has 0 radical (unpaired) electrons. The first-order chi connectivity index (χ1) is 8.77. The molecule has 0 bridgehead atoms. The molecule has 9 heteroatoms. The number of hydrogen-bond acceptors (Lipinski definition) is 6. The van der Waals surface area contributed by atoms with Crippen LogP contribution in [-0.2, 0) is 15.6 Å². The van der Waals surface area contributed by atoms with Gasteiger partial charge in [0, 0.05) is 22.8 Å². The molecule has 2 aromatic heterocycles. The first-order valence-corrected chi connectivity index (χ1v) is 7.89. The second kappa shape index (κ2) is 4.93. The van der Waals surface area contributed by atoms with E-state index in [1.807, 2.05) is 13.8 Å². The van der Waals surface area contributed by atoms with Crippen molar-refractivity contribution in [2.45, 2.75) is 38.3 Å². The Morgan fingerprint density at radius 1 is 1.42 bits per heavy atom. The zero-order valence-corrected chi connectivity index (χ0v) is 12.2. The van der Waals surface area contributed by atoms with E-state index in [9.17, 15) is 8.42 Å². The van der Waals surface area contributed by atoms with E-state index in [0.29, 0.717) is 17.5 Å². The molecule has 2 rings (SSSR count). The van der Waals surface area contributed by atoms with Gasteiger partial charge in [0.2, 0.25) is 5.89 Å². The number of nitrogens with zero attached hydrogens (tertiary/aromatic N) is 4. The lowest BCUT2D eigenvalue weighted by Crippen LogP contribution is -2.02. The van der Waals surface area contributed by atoms with Gasteiger partial charge in [0.05, 0.1) is 6.54 Å². The summed E-state index contributed by atoms with van der Waals surface area (Å²) in [5.74, 6) is 1.65. The number of hydrogen-bond donors (Lipinski definition) is 0. The van der Waals surface area contributed by atoms with E-state index >= 15 is 0 Å². The van der Waals surface area contributed by atoms with Gasteiger partial charge in [-0.1, -0.05) is 19.0 Å². The second-order valence-electron chi connectivity index (χ2n) is 4.40. The zero-order chi connectivity index (χ0) is 14.2. The average molecular weight is 305 g/mol. The minimum atomic E-state index is -3.83. The quantitative estimate of drug-likeness (QED) is 0.798. The largest absolute Gasteiger partial charge is 0.339 e. The van der Waals surface area contributed by atoms with E-state index in [-0.39, 0.29) is 17.5 Å². The third-order valence-corrected chi connectivity index (χ3v) is 3.66. The maximum absolute atomic E-state index is 11.2. The maximum atomic E-state index is 11.2. The van der Waals surface area contributed by atoms with E-state index in [1.54, 1.807) is 11.5 Å². The molecule has 19 heavy (non-hydrogen) atoms. The Morgan fingerprint density at radius 3 is 2.58 bits per heavy atom. The van der Waals surface area contributed by atoms with Crippen molar-refractivity contribution < 1.29 is 12.9 Å². The topological polar surface area (TPSA) is 90.9 Å². The molecule has 2 aromatic rings. The molecule has 0 spiro atoms. The van der Waals surface area contributed by atoms with Crippen molar-refractivity contribution in [2.24, 2.45) is 0 Å². The van der Waals surface area contributed by atoms with Gasteiger partial charge in [0.1, 0.15) is 5.82 Å². The van der Waals surface area contributed by atoms with Crippen LogP contribution in [0.25, 0.3) is 0 Å². The van der Waals surface area contributed by atoms with Crippen molar-refractivity contribution in [1.29, 1.82) is 0 Å². The second-order valence-corrected chi connectivity index (χ2v) is 6.91. The summed E-state index contributed by atoms with van der Waals surface area (Å²) in [7, 11) is 1.41. The van der Waals surface area contributed by atoms with Crippen LogP contribution < -0.4 is 0 Å². The first kappa shape index (κ1) is 14.0. The maximum Gasteiger partial charge on any atom is 0.280 e. The van der Waals surface area contributed by atoms with Crippen LogP contribution in [0, 0.1) is 6.92 Å².